The number of halogens is 1. The molecule has 0 saturated carbocycles. The summed E-state index contributed by atoms with van der Waals surface area (Å²) in [6.45, 7) is 1.85. The van der Waals surface area contributed by atoms with Gasteiger partial charge in [0, 0.05) is 5.56 Å². The van der Waals surface area contributed by atoms with Crippen LogP contribution in [0.1, 0.15) is 11.4 Å². The first-order chi connectivity index (χ1) is 12.1. The summed E-state index contributed by atoms with van der Waals surface area (Å²) in [7, 11) is 0. The lowest BCUT2D eigenvalue weighted by Crippen LogP contribution is -2.31. The Morgan fingerprint density at radius 1 is 1.20 bits per heavy atom. The van der Waals surface area contributed by atoms with Crippen molar-refractivity contribution in [2.75, 3.05) is 6.61 Å². The standard InChI is InChI=1S/C19H19FN2O3/c1-13-21-18-9-5-3-7-16(18)19(24)22(13)10-15(23)12-25-11-14-6-2-4-8-17(14)20/h2-9,15,23H,10-12H2,1H3. The number of benzene rings is 2. The van der Waals surface area contributed by atoms with Crippen LogP contribution in [-0.2, 0) is 17.9 Å². The third-order valence-corrected chi connectivity index (χ3v) is 3.97. The van der Waals surface area contributed by atoms with Crippen LogP contribution in [0.4, 0.5) is 4.39 Å². The topological polar surface area (TPSA) is 64.4 Å². The quantitative estimate of drug-likeness (QED) is 0.747. The summed E-state index contributed by atoms with van der Waals surface area (Å²) in [5, 5.41) is 10.7. The van der Waals surface area contributed by atoms with Crippen molar-refractivity contribution in [1.29, 1.82) is 0 Å². The van der Waals surface area contributed by atoms with E-state index in [0.29, 0.717) is 22.3 Å². The summed E-state index contributed by atoms with van der Waals surface area (Å²) in [6.07, 6.45) is -0.897. The zero-order valence-electron chi connectivity index (χ0n) is 13.9. The van der Waals surface area contributed by atoms with Gasteiger partial charge in [0.05, 0.1) is 36.8 Å². The Morgan fingerprint density at radius 2 is 1.92 bits per heavy atom. The fourth-order valence-corrected chi connectivity index (χ4v) is 2.68. The SMILES string of the molecule is Cc1nc2ccccc2c(=O)n1CC(O)COCc1ccccc1F. The molecule has 0 aliphatic heterocycles. The number of para-hydroxylation sites is 1. The molecular weight excluding hydrogens is 323 g/mol. The number of hydrogen-bond donors (Lipinski definition) is 1. The van der Waals surface area contributed by atoms with Crippen LogP contribution >= 0.6 is 0 Å². The Hall–Kier alpha value is -2.57. The molecule has 1 N–H and O–H groups in total. The monoisotopic (exact) mass is 342 g/mol. The lowest BCUT2D eigenvalue weighted by molar-refractivity contribution is 0.0186. The molecule has 0 spiro atoms. The average Bonchev–Trinajstić information content (AvgIpc) is 2.60. The molecule has 2 aromatic carbocycles. The number of hydrogen-bond acceptors (Lipinski definition) is 4. The Morgan fingerprint density at radius 3 is 2.72 bits per heavy atom. The van der Waals surface area contributed by atoms with E-state index in [1.165, 1.54) is 10.6 Å². The van der Waals surface area contributed by atoms with Crippen LogP contribution in [-0.4, -0.2) is 27.4 Å². The van der Waals surface area contributed by atoms with Gasteiger partial charge in [0.2, 0.25) is 0 Å². The number of aromatic nitrogens is 2. The van der Waals surface area contributed by atoms with Gasteiger partial charge in [-0.2, -0.15) is 0 Å². The van der Waals surface area contributed by atoms with Crippen molar-refractivity contribution in [2.24, 2.45) is 0 Å². The van der Waals surface area contributed by atoms with Crippen molar-refractivity contribution >= 4 is 10.9 Å². The van der Waals surface area contributed by atoms with Crippen molar-refractivity contribution in [1.82, 2.24) is 9.55 Å². The van der Waals surface area contributed by atoms with Crippen molar-refractivity contribution < 1.29 is 14.2 Å². The number of aliphatic hydroxyl groups excluding tert-OH is 1. The first-order valence-electron chi connectivity index (χ1n) is 8.01. The van der Waals surface area contributed by atoms with E-state index in [4.69, 9.17) is 4.74 Å². The Balaban J connectivity index is 1.67. The van der Waals surface area contributed by atoms with Crippen LogP contribution in [0, 0.1) is 12.7 Å². The van der Waals surface area contributed by atoms with Gasteiger partial charge in [0.25, 0.3) is 5.56 Å². The lowest BCUT2D eigenvalue weighted by atomic mass is 10.2. The normalized spacial score (nSPS) is 12.4. The Bertz CT molecular complexity index is 939. The largest absolute Gasteiger partial charge is 0.389 e. The molecular formula is C19H19FN2O3. The zero-order chi connectivity index (χ0) is 17.8. The zero-order valence-corrected chi connectivity index (χ0v) is 13.9. The molecule has 1 unspecified atom stereocenters. The van der Waals surface area contributed by atoms with Gasteiger partial charge in [-0.3, -0.25) is 9.36 Å². The number of fused-ring (bicyclic) bond motifs is 1. The van der Waals surface area contributed by atoms with E-state index >= 15 is 0 Å². The molecule has 5 nitrogen and oxygen atoms in total. The molecule has 1 aromatic heterocycles. The molecule has 0 saturated heterocycles. The molecule has 3 rings (SSSR count). The maximum atomic E-state index is 13.5. The second-order valence-electron chi connectivity index (χ2n) is 5.85. The smallest absolute Gasteiger partial charge is 0.261 e. The molecule has 1 heterocycles. The molecule has 0 bridgehead atoms. The van der Waals surface area contributed by atoms with Crippen LogP contribution in [0.5, 0.6) is 0 Å². The second kappa shape index (κ2) is 7.55. The summed E-state index contributed by atoms with van der Waals surface area (Å²) in [5.74, 6) is 0.180. The van der Waals surface area contributed by atoms with E-state index in [2.05, 4.69) is 4.98 Å². The maximum absolute atomic E-state index is 13.5. The summed E-state index contributed by atoms with van der Waals surface area (Å²) >= 11 is 0. The van der Waals surface area contributed by atoms with Crippen LogP contribution in [0.25, 0.3) is 10.9 Å². The Kier molecular flexibility index (Phi) is 5.21. The lowest BCUT2D eigenvalue weighted by Gasteiger charge is -2.15. The van der Waals surface area contributed by atoms with E-state index in [0.717, 1.165) is 0 Å². The maximum Gasteiger partial charge on any atom is 0.261 e. The minimum absolute atomic E-state index is 0.00690. The number of aryl methyl sites for hydroxylation is 1. The van der Waals surface area contributed by atoms with Gasteiger partial charge in [0.15, 0.2) is 0 Å². The van der Waals surface area contributed by atoms with Gasteiger partial charge in [-0.1, -0.05) is 30.3 Å². The van der Waals surface area contributed by atoms with Gasteiger partial charge < -0.3 is 9.84 Å². The highest BCUT2D eigenvalue weighted by Gasteiger charge is 2.12. The minimum atomic E-state index is -0.897. The van der Waals surface area contributed by atoms with Gasteiger partial charge >= 0.3 is 0 Å². The van der Waals surface area contributed by atoms with Crippen LogP contribution < -0.4 is 5.56 Å². The van der Waals surface area contributed by atoms with E-state index in [-0.39, 0.29) is 31.1 Å². The van der Waals surface area contributed by atoms with Crippen molar-refractivity contribution in [3.05, 3.63) is 76.1 Å². The van der Waals surface area contributed by atoms with Crippen molar-refractivity contribution in [3.63, 3.8) is 0 Å². The highest BCUT2D eigenvalue weighted by atomic mass is 19.1. The molecule has 0 aliphatic carbocycles. The first-order valence-corrected chi connectivity index (χ1v) is 8.01. The molecule has 130 valence electrons. The predicted octanol–water partition coefficient (Wildman–Crippen LogP) is 2.42. The minimum Gasteiger partial charge on any atom is -0.389 e. The van der Waals surface area contributed by atoms with Crippen LogP contribution in [0.15, 0.2) is 53.3 Å². The second-order valence-corrected chi connectivity index (χ2v) is 5.85. The Labute approximate surface area is 144 Å². The highest BCUT2D eigenvalue weighted by Crippen LogP contribution is 2.09. The molecule has 1 atom stereocenters. The molecule has 3 aromatic rings. The van der Waals surface area contributed by atoms with Crippen molar-refractivity contribution in [2.45, 2.75) is 26.2 Å². The van der Waals surface area contributed by atoms with Crippen LogP contribution in [0.2, 0.25) is 0 Å². The van der Waals surface area contributed by atoms with Crippen molar-refractivity contribution in [3.8, 4) is 0 Å². The number of nitrogens with zero attached hydrogens (tertiary/aromatic N) is 2. The van der Waals surface area contributed by atoms with E-state index < -0.39 is 6.10 Å². The van der Waals surface area contributed by atoms with E-state index in [1.54, 1.807) is 43.3 Å². The van der Waals surface area contributed by atoms with E-state index in [1.807, 2.05) is 6.07 Å². The third-order valence-electron chi connectivity index (χ3n) is 3.97. The molecule has 25 heavy (non-hydrogen) atoms. The average molecular weight is 342 g/mol. The fourth-order valence-electron chi connectivity index (χ4n) is 2.68. The molecule has 0 radical (unpaired) electrons. The van der Waals surface area contributed by atoms with E-state index in [9.17, 15) is 14.3 Å². The van der Waals surface area contributed by atoms with Gasteiger partial charge in [-0.05, 0) is 25.1 Å². The molecule has 6 heteroatoms. The molecule has 0 aliphatic rings. The van der Waals surface area contributed by atoms with Gasteiger partial charge in [0.1, 0.15) is 11.6 Å². The number of aliphatic hydroxyl groups is 1. The first kappa shape index (κ1) is 17.3. The van der Waals surface area contributed by atoms with Gasteiger partial charge in [-0.25, -0.2) is 9.37 Å². The number of ether oxygens (including phenoxy) is 1. The van der Waals surface area contributed by atoms with Gasteiger partial charge in [-0.15, -0.1) is 0 Å². The van der Waals surface area contributed by atoms with Crippen LogP contribution in [0.3, 0.4) is 0 Å². The summed E-state index contributed by atoms with van der Waals surface area (Å²) in [5.41, 5.74) is 0.859. The summed E-state index contributed by atoms with van der Waals surface area (Å²) < 4.78 is 20.3. The summed E-state index contributed by atoms with van der Waals surface area (Å²) in [6, 6.07) is 13.4. The molecule has 0 amide bonds. The molecule has 0 fully saturated rings. The third kappa shape index (κ3) is 3.92. The summed E-state index contributed by atoms with van der Waals surface area (Å²) in [4.78, 5) is 16.9. The predicted molar refractivity (Wildman–Crippen MR) is 92.8 cm³/mol. The number of rotatable bonds is 6. The fraction of sp³-hybridized carbons (Fsp3) is 0.263. The highest BCUT2D eigenvalue weighted by molar-refractivity contribution is 5.77.